The van der Waals surface area contributed by atoms with Gasteiger partial charge in [-0.2, -0.15) is 4.98 Å². The molecule has 6 nitrogen and oxygen atoms in total. The number of halogens is 1. The Morgan fingerprint density at radius 3 is 2.52 bits per heavy atom. The summed E-state index contributed by atoms with van der Waals surface area (Å²) in [6, 6.07) is 5.05. The molecule has 7 heteroatoms. The zero-order valence-corrected chi connectivity index (χ0v) is 13.5. The molecule has 1 atom stereocenters. The Kier molecular flexibility index (Phi) is 4.98. The first-order chi connectivity index (χ1) is 10.1. The van der Waals surface area contributed by atoms with Crippen LogP contribution in [-0.4, -0.2) is 31.3 Å². The zero-order chi connectivity index (χ0) is 15.4. The van der Waals surface area contributed by atoms with Crippen molar-refractivity contribution in [1.82, 2.24) is 9.97 Å². The van der Waals surface area contributed by atoms with Gasteiger partial charge in [0.05, 0.1) is 33.6 Å². The Balaban J connectivity index is 2.46. The first-order valence-electron chi connectivity index (χ1n) is 6.14. The van der Waals surface area contributed by atoms with Gasteiger partial charge >= 0.3 is 0 Å². The second-order valence-corrected chi connectivity index (χ2v) is 5.03. The van der Waals surface area contributed by atoms with E-state index in [1.165, 1.54) is 20.4 Å². The Morgan fingerprint density at radius 2 is 1.90 bits per heavy atom. The Bertz CT molecular complexity index is 637. The molecule has 21 heavy (non-hydrogen) atoms. The van der Waals surface area contributed by atoms with Gasteiger partial charge in [0.25, 0.3) is 0 Å². The van der Waals surface area contributed by atoms with Gasteiger partial charge in [0.2, 0.25) is 11.8 Å². The molecule has 1 aromatic heterocycles. The zero-order valence-electron chi connectivity index (χ0n) is 12.0. The maximum absolute atomic E-state index is 6.30. The molecule has 0 amide bonds. The number of methoxy groups -OCH3 is 3. The summed E-state index contributed by atoms with van der Waals surface area (Å²) in [6.45, 7) is 0. The van der Waals surface area contributed by atoms with Gasteiger partial charge in [-0.1, -0.05) is 15.9 Å². The Labute approximate surface area is 131 Å². The lowest BCUT2D eigenvalue weighted by Gasteiger charge is -2.16. The summed E-state index contributed by atoms with van der Waals surface area (Å²) < 4.78 is 16.4. The Hall–Kier alpha value is -1.86. The number of benzene rings is 1. The van der Waals surface area contributed by atoms with Crippen molar-refractivity contribution in [3.05, 3.63) is 40.1 Å². The van der Waals surface area contributed by atoms with Crippen LogP contribution >= 0.6 is 15.9 Å². The molecule has 0 radical (unpaired) electrons. The normalized spacial score (nSPS) is 11.9. The SMILES string of the molecule is COc1ccc(Br)c(C(N)c2ncc(OC)nc2OC)c1. The van der Waals surface area contributed by atoms with E-state index in [0.29, 0.717) is 23.2 Å². The van der Waals surface area contributed by atoms with Crippen LogP contribution < -0.4 is 19.9 Å². The molecule has 1 heterocycles. The van der Waals surface area contributed by atoms with Crippen molar-refractivity contribution >= 4 is 15.9 Å². The Morgan fingerprint density at radius 1 is 1.14 bits per heavy atom. The van der Waals surface area contributed by atoms with Gasteiger partial charge in [-0.25, -0.2) is 4.98 Å². The average Bonchev–Trinajstić information content (AvgIpc) is 2.54. The third-order valence-electron chi connectivity index (χ3n) is 2.98. The van der Waals surface area contributed by atoms with Gasteiger partial charge < -0.3 is 19.9 Å². The highest BCUT2D eigenvalue weighted by Crippen LogP contribution is 2.32. The number of nitrogens with zero attached hydrogens (tertiary/aromatic N) is 2. The van der Waals surface area contributed by atoms with Crippen molar-refractivity contribution in [3.8, 4) is 17.5 Å². The van der Waals surface area contributed by atoms with E-state index < -0.39 is 6.04 Å². The number of hydrogen-bond donors (Lipinski definition) is 1. The molecule has 0 saturated heterocycles. The van der Waals surface area contributed by atoms with Gasteiger partial charge in [-0.15, -0.1) is 0 Å². The maximum atomic E-state index is 6.30. The highest BCUT2D eigenvalue weighted by atomic mass is 79.9. The van der Waals surface area contributed by atoms with E-state index in [9.17, 15) is 0 Å². The molecule has 2 N–H and O–H groups in total. The first kappa shape index (κ1) is 15.5. The van der Waals surface area contributed by atoms with Gasteiger partial charge in [0.1, 0.15) is 11.4 Å². The molecule has 2 aromatic rings. The molecule has 0 aliphatic heterocycles. The predicted octanol–water partition coefficient (Wildman–Crippen LogP) is 2.31. The second-order valence-electron chi connectivity index (χ2n) is 4.17. The molecule has 2 rings (SSSR count). The molecular formula is C14H16BrN3O3. The predicted molar refractivity (Wildman–Crippen MR) is 81.9 cm³/mol. The second kappa shape index (κ2) is 6.73. The van der Waals surface area contributed by atoms with Crippen molar-refractivity contribution in [2.75, 3.05) is 21.3 Å². The number of rotatable bonds is 5. The van der Waals surface area contributed by atoms with E-state index >= 15 is 0 Å². The fourth-order valence-electron chi connectivity index (χ4n) is 1.86. The molecule has 0 aliphatic carbocycles. The van der Waals surface area contributed by atoms with Crippen LogP contribution in [0, 0.1) is 0 Å². The standard InChI is InChI=1S/C14H16BrN3O3/c1-19-8-4-5-10(15)9(6-8)12(16)13-14(21-3)18-11(20-2)7-17-13/h4-7,12H,16H2,1-3H3. The van der Waals surface area contributed by atoms with Crippen LogP contribution in [-0.2, 0) is 0 Å². The third-order valence-corrected chi connectivity index (χ3v) is 3.70. The summed E-state index contributed by atoms with van der Waals surface area (Å²) in [6.07, 6.45) is 1.51. The van der Waals surface area contributed by atoms with Crippen molar-refractivity contribution in [2.45, 2.75) is 6.04 Å². The van der Waals surface area contributed by atoms with Crippen molar-refractivity contribution in [1.29, 1.82) is 0 Å². The molecule has 0 bridgehead atoms. The van der Waals surface area contributed by atoms with Crippen LogP contribution in [0.15, 0.2) is 28.9 Å². The van der Waals surface area contributed by atoms with Crippen LogP contribution in [0.4, 0.5) is 0 Å². The average molecular weight is 354 g/mol. The van der Waals surface area contributed by atoms with E-state index in [2.05, 4.69) is 25.9 Å². The molecular weight excluding hydrogens is 338 g/mol. The summed E-state index contributed by atoms with van der Waals surface area (Å²) >= 11 is 3.48. The maximum Gasteiger partial charge on any atom is 0.240 e. The van der Waals surface area contributed by atoms with Crippen LogP contribution in [0.25, 0.3) is 0 Å². The molecule has 0 spiro atoms. The summed E-state index contributed by atoms with van der Waals surface area (Å²) in [5, 5.41) is 0. The van der Waals surface area contributed by atoms with Crippen LogP contribution in [0.1, 0.15) is 17.3 Å². The highest BCUT2D eigenvalue weighted by Gasteiger charge is 2.20. The van der Waals surface area contributed by atoms with E-state index in [-0.39, 0.29) is 0 Å². The molecule has 0 saturated carbocycles. The quantitative estimate of drug-likeness (QED) is 0.888. The molecule has 1 aromatic carbocycles. The smallest absolute Gasteiger partial charge is 0.240 e. The number of hydrogen-bond acceptors (Lipinski definition) is 6. The van der Waals surface area contributed by atoms with Gasteiger partial charge in [-0.05, 0) is 23.8 Å². The van der Waals surface area contributed by atoms with E-state index in [4.69, 9.17) is 19.9 Å². The first-order valence-corrected chi connectivity index (χ1v) is 6.94. The van der Waals surface area contributed by atoms with Crippen molar-refractivity contribution < 1.29 is 14.2 Å². The highest BCUT2D eigenvalue weighted by molar-refractivity contribution is 9.10. The summed E-state index contributed by atoms with van der Waals surface area (Å²) in [4.78, 5) is 8.49. The van der Waals surface area contributed by atoms with E-state index in [0.717, 1.165) is 10.0 Å². The summed E-state index contributed by atoms with van der Waals surface area (Å²) in [7, 11) is 4.63. The van der Waals surface area contributed by atoms with Crippen molar-refractivity contribution in [3.63, 3.8) is 0 Å². The molecule has 112 valence electrons. The molecule has 0 fully saturated rings. The van der Waals surface area contributed by atoms with Crippen LogP contribution in [0.3, 0.4) is 0 Å². The minimum absolute atomic E-state index is 0.330. The lowest BCUT2D eigenvalue weighted by atomic mass is 10.0. The minimum atomic E-state index is -0.511. The number of nitrogens with two attached hydrogens (primary N) is 1. The third kappa shape index (κ3) is 3.25. The monoisotopic (exact) mass is 353 g/mol. The van der Waals surface area contributed by atoms with E-state index in [1.807, 2.05) is 18.2 Å². The number of aromatic nitrogens is 2. The summed E-state index contributed by atoms with van der Waals surface area (Å²) in [5.41, 5.74) is 7.65. The van der Waals surface area contributed by atoms with Crippen LogP contribution in [0.5, 0.6) is 17.5 Å². The van der Waals surface area contributed by atoms with Crippen LogP contribution in [0.2, 0.25) is 0 Å². The topological polar surface area (TPSA) is 79.5 Å². The summed E-state index contributed by atoms with van der Waals surface area (Å²) in [5.74, 6) is 1.41. The van der Waals surface area contributed by atoms with Crippen molar-refractivity contribution in [2.24, 2.45) is 5.73 Å². The largest absolute Gasteiger partial charge is 0.497 e. The fraction of sp³-hybridized carbons (Fsp3) is 0.286. The van der Waals surface area contributed by atoms with Gasteiger partial charge in [-0.3, -0.25) is 0 Å². The molecule has 0 aliphatic rings. The molecule has 1 unspecified atom stereocenters. The minimum Gasteiger partial charge on any atom is -0.497 e. The lowest BCUT2D eigenvalue weighted by molar-refractivity contribution is 0.355. The lowest BCUT2D eigenvalue weighted by Crippen LogP contribution is -2.16. The number of ether oxygens (including phenoxy) is 3. The van der Waals surface area contributed by atoms with Gasteiger partial charge in [0, 0.05) is 4.47 Å². The van der Waals surface area contributed by atoms with Gasteiger partial charge in [0.15, 0.2) is 0 Å². The van der Waals surface area contributed by atoms with E-state index in [1.54, 1.807) is 7.11 Å². The fourth-order valence-corrected chi connectivity index (χ4v) is 2.36.